The Bertz CT molecular complexity index is 388. The zero-order valence-electron chi connectivity index (χ0n) is 9.92. The molecular formula is C11H16N2O5. The highest BCUT2D eigenvalue weighted by Crippen LogP contribution is 1.99. The number of aliphatic hydroxyl groups excluding tert-OH is 1. The van der Waals surface area contributed by atoms with E-state index in [-0.39, 0.29) is 0 Å². The van der Waals surface area contributed by atoms with Crippen molar-refractivity contribution >= 4 is 12.0 Å². The lowest BCUT2D eigenvalue weighted by atomic mass is 10.2. The zero-order valence-corrected chi connectivity index (χ0v) is 9.92. The van der Waals surface area contributed by atoms with E-state index >= 15 is 0 Å². The maximum atomic E-state index is 11.4. The van der Waals surface area contributed by atoms with E-state index in [1.54, 1.807) is 12.1 Å². The molecule has 0 saturated heterocycles. The largest absolute Gasteiger partial charge is 0.480 e. The van der Waals surface area contributed by atoms with Gasteiger partial charge in [0.1, 0.15) is 5.76 Å². The molecule has 2 amide bonds. The van der Waals surface area contributed by atoms with E-state index in [1.165, 1.54) is 13.2 Å². The summed E-state index contributed by atoms with van der Waals surface area (Å²) in [5, 5.41) is 22.6. The van der Waals surface area contributed by atoms with Crippen LogP contribution in [-0.2, 0) is 11.2 Å². The van der Waals surface area contributed by atoms with E-state index in [0.29, 0.717) is 13.0 Å². The van der Waals surface area contributed by atoms with Gasteiger partial charge in [-0.3, -0.25) is 0 Å². The summed E-state index contributed by atoms with van der Waals surface area (Å²) in [6, 6.07) is 1.54. The SMILES string of the molecule is CC(O)C(NC(=O)NCCc1ccco1)C(=O)O. The molecule has 4 N–H and O–H groups in total. The van der Waals surface area contributed by atoms with E-state index < -0.39 is 24.1 Å². The quantitative estimate of drug-likeness (QED) is 0.570. The lowest BCUT2D eigenvalue weighted by Crippen LogP contribution is -2.51. The fourth-order valence-electron chi connectivity index (χ4n) is 1.34. The highest BCUT2D eigenvalue weighted by molar-refractivity contribution is 5.82. The van der Waals surface area contributed by atoms with Crippen LogP contribution < -0.4 is 10.6 Å². The van der Waals surface area contributed by atoms with Crippen molar-refractivity contribution in [3.63, 3.8) is 0 Å². The van der Waals surface area contributed by atoms with Crippen molar-refractivity contribution in [3.05, 3.63) is 24.2 Å². The van der Waals surface area contributed by atoms with Crippen LogP contribution in [0.3, 0.4) is 0 Å². The summed E-state index contributed by atoms with van der Waals surface area (Å²) < 4.78 is 5.07. The summed E-state index contributed by atoms with van der Waals surface area (Å²) in [4.78, 5) is 22.1. The van der Waals surface area contributed by atoms with Gasteiger partial charge in [0.15, 0.2) is 6.04 Å². The molecule has 2 atom stereocenters. The van der Waals surface area contributed by atoms with Crippen molar-refractivity contribution in [3.8, 4) is 0 Å². The Morgan fingerprint density at radius 3 is 2.72 bits per heavy atom. The number of aliphatic hydroxyl groups is 1. The molecule has 7 nitrogen and oxygen atoms in total. The highest BCUT2D eigenvalue weighted by atomic mass is 16.4. The van der Waals surface area contributed by atoms with E-state index in [9.17, 15) is 9.59 Å². The number of hydrogen-bond donors (Lipinski definition) is 4. The summed E-state index contributed by atoms with van der Waals surface area (Å²) in [6.45, 7) is 1.60. The van der Waals surface area contributed by atoms with Crippen molar-refractivity contribution in [2.75, 3.05) is 6.54 Å². The number of furan rings is 1. The second-order valence-electron chi connectivity index (χ2n) is 3.79. The summed E-state index contributed by atoms with van der Waals surface area (Å²) >= 11 is 0. The summed E-state index contributed by atoms with van der Waals surface area (Å²) in [5.41, 5.74) is 0. The predicted molar refractivity (Wildman–Crippen MR) is 62.1 cm³/mol. The molecule has 0 bridgehead atoms. The molecule has 1 aromatic heterocycles. The number of carbonyl (C=O) groups is 2. The Kier molecular flexibility index (Phi) is 5.19. The van der Waals surface area contributed by atoms with Gasteiger partial charge in [0.05, 0.1) is 12.4 Å². The summed E-state index contributed by atoms with van der Waals surface area (Å²) in [5.74, 6) is -0.563. The average molecular weight is 256 g/mol. The molecule has 0 aliphatic carbocycles. The van der Waals surface area contributed by atoms with Crippen LogP contribution >= 0.6 is 0 Å². The third-order valence-electron chi connectivity index (χ3n) is 2.27. The van der Waals surface area contributed by atoms with E-state index in [0.717, 1.165) is 5.76 Å². The number of aliphatic carboxylic acids is 1. The van der Waals surface area contributed by atoms with Gasteiger partial charge < -0.3 is 25.3 Å². The topological polar surface area (TPSA) is 112 Å². The zero-order chi connectivity index (χ0) is 13.5. The number of amides is 2. The molecule has 0 saturated carbocycles. The van der Waals surface area contributed by atoms with Gasteiger partial charge in [-0.15, -0.1) is 0 Å². The van der Waals surface area contributed by atoms with Crippen LogP contribution in [0.4, 0.5) is 4.79 Å². The molecular weight excluding hydrogens is 240 g/mol. The minimum atomic E-state index is -1.33. The molecule has 1 heterocycles. The smallest absolute Gasteiger partial charge is 0.328 e. The second-order valence-corrected chi connectivity index (χ2v) is 3.79. The number of carboxylic acid groups (broad SMARTS) is 1. The first-order chi connectivity index (χ1) is 8.50. The van der Waals surface area contributed by atoms with E-state index in [2.05, 4.69) is 10.6 Å². The number of rotatable bonds is 6. The Hall–Kier alpha value is -2.02. The van der Waals surface area contributed by atoms with Gasteiger partial charge in [-0.25, -0.2) is 9.59 Å². The maximum absolute atomic E-state index is 11.4. The lowest BCUT2D eigenvalue weighted by molar-refractivity contribution is -0.141. The molecule has 1 aromatic rings. The molecule has 100 valence electrons. The van der Waals surface area contributed by atoms with Crippen LogP contribution in [0.5, 0.6) is 0 Å². The standard InChI is InChI=1S/C11H16N2O5/c1-7(14)9(10(15)16)13-11(17)12-5-4-8-3-2-6-18-8/h2-3,6-7,9,14H,4-5H2,1H3,(H,15,16)(H2,12,13,17). The van der Waals surface area contributed by atoms with Gasteiger partial charge in [0, 0.05) is 13.0 Å². The van der Waals surface area contributed by atoms with Crippen LogP contribution in [0.1, 0.15) is 12.7 Å². The van der Waals surface area contributed by atoms with Crippen molar-refractivity contribution < 1.29 is 24.2 Å². The molecule has 0 aromatic carbocycles. The van der Waals surface area contributed by atoms with Gasteiger partial charge in [0.25, 0.3) is 0 Å². The second kappa shape index (κ2) is 6.65. The van der Waals surface area contributed by atoms with Gasteiger partial charge in [-0.1, -0.05) is 0 Å². The third kappa shape index (κ3) is 4.46. The van der Waals surface area contributed by atoms with Crippen molar-refractivity contribution in [2.24, 2.45) is 0 Å². The highest BCUT2D eigenvalue weighted by Gasteiger charge is 2.24. The summed E-state index contributed by atoms with van der Waals surface area (Å²) in [6.07, 6.45) is 0.870. The molecule has 0 aliphatic heterocycles. The van der Waals surface area contributed by atoms with E-state index in [4.69, 9.17) is 14.6 Å². The van der Waals surface area contributed by atoms with Crippen LogP contribution in [-0.4, -0.2) is 40.9 Å². The number of carboxylic acids is 1. The fraction of sp³-hybridized carbons (Fsp3) is 0.455. The minimum absolute atomic E-state index is 0.311. The number of hydrogen-bond acceptors (Lipinski definition) is 4. The van der Waals surface area contributed by atoms with Gasteiger partial charge in [0.2, 0.25) is 0 Å². The Balaban J connectivity index is 2.30. The lowest BCUT2D eigenvalue weighted by Gasteiger charge is -2.17. The Labute approximate surface area is 104 Å². The molecule has 18 heavy (non-hydrogen) atoms. The number of nitrogens with one attached hydrogen (secondary N) is 2. The van der Waals surface area contributed by atoms with Gasteiger partial charge >= 0.3 is 12.0 Å². The predicted octanol–water partition coefficient (Wildman–Crippen LogP) is -0.0447. The Morgan fingerprint density at radius 1 is 1.50 bits per heavy atom. The normalized spacial score (nSPS) is 13.7. The molecule has 2 unspecified atom stereocenters. The van der Waals surface area contributed by atoms with Crippen molar-refractivity contribution in [2.45, 2.75) is 25.5 Å². The van der Waals surface area contributed by atoms with Gasteiger partial charge in [-0.2, -0.15) is 0 Å². The first kappa shape index (κ1) is 14.0. The molecule has 0 fully saturated rings. The van der Waals surface area contributed by atoms with Crippen molar-refractivity contribution in [1.29, 1.82) is 0 Å². The monoisotopic (exact) mass is 256 g/mol. The van der Waals surface area contributed by atoms with Crippen LogP contribution in [0.25, 0.3) is 0 Å². The Morgan fingerprint density at radius 2 is 2.22 bits per heavy atom. The van der Waals surface area contributed by atoms with E-state index in [1.807, 2.05) is 0 Å². The molecule has 0 radical (unpaired) electrons. The first-order valence-electron chi connectivity index (χ1n) is 5.48. The number of carbonyl (C=O) groups excluding carboxylic acids is 1. The van der Waals surface area contributed by atoms with Crippen LogP contribution in [0.15, 0.2) is 22.8 Å². The van der Waals surface area contributed by atoms with Crippen LogP contribution in [0.2, 0.25) is 0 Å². The van der Waals surface area contributed by atoms with Crippen LogP contribution in [0, 0.1) is 0 Å². The minimum Gasteiger partial charge on any atom is -0.480 e. The summed E-state index contributed by atoms with van der Waals surface area (Å²) in [7, 11) is 0. The fourth-order valence-corrected chi connectivity index (χ4v) is 1.34. The van der Waals surface area contributed by atoms with Crippen molar-refractivity contribution in [1.82, 2.24) is 10.6 Å². The first-order valence-corrected chi connectivity index (χ1v) is 5.48. The average Bonchev–Trinajstić information content (AvgIpc) is 2.78. The van der Waals surface area contributed by atoms with Gasteiger partial charge in [-0.05, 0) is 19.1 Å². The molecule has 0 aliphatic rings. The molecule has 1 rings (SSSR count). The maximum Gasteiger partial charge on any atom is 0.328 e. The molecule has 0 spiro atoms. The molecule has 7 heteroatoms. The number of urea groups is 1. The third-order valence-corrected chi connectivity index (χ3v) is 2.27.